The molecule has 0 amide bonds. The summed E-state index contributed by atoms with van der Waals surface area (Å²) in [5.41, 5.74) is 1.97. The van der Waals surface area contributed by atoms with Gasteiger partial charge in [-0.2, -0.15) is 0 Å². The largest absolute Gasteiger partial charge is 0.481 e. The Balaban J connectivity index is 1.89. The molecule has 2 aromatic heterocycles. The fourth-order valence-electron chi connectivity index (χ4n) is 2.15. The molecule has 1 fully saturated rings. The van der Waals surface area contributed by atoms with E-state index in [2.05, 4.69) is 15.3 Å². The summed E-state index contributed by atoms with van der Waals surface area (Å²) in [6, 6.07) is 3.78. The monoisotopic (exact) mass is 260 g/mol. The van der Waals surface area contributed by atoms with Crippen molar-refractivity contribution in [2.24, 2.45) is 0 Å². The van der Waals surface area contributed by atoms with E-state index in [1.165, 1.54) is 0 Å². The van der Waals surface area contributed by atoms with E-state index in [1.807, 2.05) is 22.9 Å². The summed E-state index contributed by atoms with van der Waals surface area (Å²) in [6.07, 6.45) is 5.40. The quantitative estimate of drug-likeness (QED) is 0.890. The minimum Gasteiger partial charge on any atom is -0.481 e. The van der Waals surface area contributed by atoms with Crippen molar-refractivity contribution in [1.29, 1.82) is 0 Å². The molecule has 0 spiro atoms. The number of nitrogens with zero attached hydrogens (tertiary/aromatic N) is 3. The van der Waals surface area contributed by atoms with Crippen molar-refractivity contribution >= 4 is 0 Å². The Labute approximate surface area is 111 Å². The maximum absolute atomic E-state index is 5.76. The fourth-order valence-corrected chi connectivity index (χ4v) is 2.15. The number of pyridine rings is 1. The molecule has 6 nitrogen and oxygen atoms in total. The number of methoxy groups -OCH3 is 1. The molecule has 0 bridgehead atoms. The van der Waals surface area contributed by atoms with Crippen molar-refractivity contribution in [3.8, 4) is 11.6 Å². The highest BCUT2D eigenvalue weighted by Crippen LogP contribution is 2.22. The van der Waals surface area contributed by atoms with Gasteiger partial charge in [-0.05, 0) is 6.07 Å². The Hall–Kier alpha value is -1.92. The van der Waals surface area contributed by atoms with Crippen LogP contribution >= 0.6 is 0 Å². The fraction of sp³-hybridized carbons (Fsp3) is 0.385. The van der Waals surface area contributed by atoms with E-state index in [-0.39, 0.29) is 6.10 Å². The first-order valence-electron chi connectivity index (χ1n) is 6.23. The second-order valence-electron chi connectivity index (χ2n) is 4.31. The van der Waals surface area contributed by atoms with Crippen LogP contribution in [0, 0.1) is 0 Å². The topological polar surface area (TPSA) is 61.2 Å². The third kappa shape index (κ3) is 2.45. The van der Waals surface area contributed by atoms with Gasteiger partial charge in [-0.3, -0.25) is 4.57 Å². The van der Waals surface area contributed by atoms with Gasteiger partial charge in [0.05, 0.1) is 43.8 Å². The third-order valence-electron chi connectivity index (χ3n) is 3.13. The van der Waals surface area contributed by atoms with Crippen LogP contribution in [-0.2, 0) is 4.74 Å². The van der Waals surface area contributed by atoms with E-state index < -0.39 is 0 Å². The van der Waals surface area contributed by atoms with Crippen LogP contribution in [0.4, 0.5) is 0 Å². The second-order valence-corrected chi connectivity index (χ2v) is 4.31. The highest BCUT2D eigenvalue weighted by Gasteiger charge is 2.20. The molecule has 0 aromatic carbocycles. The number of rotatable bonds is 3. The Kier molecular flexibility index (Phi) is 3.43. The number of imidazole rings is 1. The zero-order valence-electron chi connectivity index (χ0n) is 10.7. The van der Waals surface area contributed by atoms with Crippen LogP contribution < -0.4 is 10.1 Å². The van der Waals surface area contributed by atoms with Gasteiger partial charge in [0, 0.05) is 19.2 Å². The zero-order valence-corrected chi connectivity index (χ0v) is 10.7. The number of hydrogen-bond acceptors (Lipinski definition) is 5. The summed E-state index contributed by atoms with van der Waals surface area (Å²) >= 11 is 0. The van der Waals surface area contributed by atoms with Crippen molar-refractivity contribution in [2.45, 2.75) is 6.10 Å². The average molecular weight is 260 g/mol. The number of aromatic nitrogens is 3. The molecule has 100 valence electrons. The first kappa shape index (κ1) is 12.1. The summed E-state index contributed by atoms with van der Waals surface area (Å²) in [5.74, 6) is 0.598. The van der Waals surface area contributed by atoms with E-state index in [4.69, 9.17) is 9.47 Å². The molecule has 6 heteroatoms. The van der Waals surface area contributed by atoms with Crippen LogP contribution in [0.25, 0.3) is 5.69 Å². The van der Waals surface area contributed by atoms with E-state index >= 15 is 0 Å². The van der Waals surface area contributed by atoms with Crippen molar-refractivity contribution in [3.63, 3.8) is 0 Å². The van der Waals surface area contributed by atoms with Gasteiger partial charge in [0.25, 0.3) is 0 Å². The summed E-state index contributed by atoms with van der Waals surface area (Å²) in [6.45, 7) is 2.42. The zero-order chi connectivity index (χ0) is 13.1. The van der Waals surface area contributed by atoms with Gasteiger partial charge in [0.15, 0.2) is 0 Å². The molecular formula is C13H16N4O2. The molecule has 0 saturated carbocycles. The van der Waals surface area contributed by atoms with Gasteiger partial charge >= 0.3 is 0 Å². The lowest BCUT2D eigenvalue weighted by Gasteiger charge is -2.24. The minimum absolute atomic E-state index is 0.0263. The number of ether oxygens (including phenoxy) is 2. The molecular weight excluding hydrogens is 244 g/mol. The Morgan fingerprint density at radius 1 is 1.42 bits per heavy atom. The second kappa shape index (κ2) is 5.38. The van der Waals surface area contributed by atoms with E-state index in [0.717, 1.165) is 31.1 Å². The van der Waals surface area contributed by atoms with Crippen LogP contribution in [0.3, 0.4) is 0 Å². The predicted octanol–water partition coefficient (Wildman–Crippen LogP) is 0.937. The molecule has 0 aliphatic carbocycles. The molecule has 19 heavy (non-hydrogen) atoms. The van der Waals surface area contributed by atoms with E-state index in [1.54, 1.807) is 19.6 Å². The summed E-state index contributed by atoms with van der Waals surface area (Å²) < 4.78 is 12.8. The standard InChI is InChI=1S/C13H16N4O2/c1-18-13-3-2-10(6-16-13)17-9-15-7-11(17)12-8-14-4-5-19-12/h2-3,6-7,9,12,14H,4-5,8H2,1H3. The van der Waals surface area contributed by atoms with Crippen molar-refractivity contribution < 1.29 is 9.47 Å². The molecule has 1 aliphatic heterocycles. The molecule has 2 aromatic rings. The summed E-state index contributed by atoms with van der Waals surface area (Å²) in [4.78, 5) is 8.42. The number of nitrogens with one attached hydrogen (secondary N) is 1. The highest BCUT2D eigenvalue weighted by atomic mass is 16.5. The first-order valence-corrected chi connectivity index (χ1v) is 6.23. The van der Waals surface area contributed by atoms with Crippen LogP contribution in [0.15, 0.2) is 30.9 Å². The van der Waals surface area contributed by atoms with Crippen LogP contribution in [0.1, 0.15) is 11.8 Å². The minimum atomic E-state index is 0.0263. The van der Waals surface area contributed by atoms with Crippen molar-refractivity contribution in [3.05, 3.63) is 36.5 Å². The van der Waals surface area contributed by atoms with Gasteiger partial charge < -0.3 is 14.8 Å². The molecule has 1 N–H and O–H groups in total. The van der Waals surface area contributed by atoms with E-state index in [0.29, 0.717) is 5.88 Å². The van der Waals surface area contributed by atoms with Crippen LogP contribution in [-0.4, -0.2) is 41.3 Å². The summed E-state index contributed by atoms with van der Waals surface area (Å²) in [7, 11) is 1.60. The Morgan fingerprint density at radius 2 is 2.37 bits per heavy atom. The lowest BCUT2D eigenvalue weighted by molar-refractivity contribution is 0.0240. The van der Waals surface area contributed by atoms with E-state index in [9.17, 15) is 0 Å². The molecule has 3 rings (SSSR count). The van der Waals surface area contributed by atoms with Gasteiger partial charge in [-0.25, -0.2) is 9.97 Å². The molecule has 0 radical (unpaired) electrons. The Morgan fingerprint density at radius 3 is 3.05 bits per heavy atom. The lowest BCUT2D eigenvalue weighted by atomic mass is 10.2. The molecule has 3 heterocycles. The summed E-state index contributed by atoms with van der Waals surface area (Å²) in [5, 5.41) is 3.32. The van der Waals surface area contributed by atoms with Gasteiger partial charge in [-0.1, -0.05) is 0 Å². The normalized spacial score (nSPS) is 19.3. The molecule has 1 atom stereocenters. The lowest BCUT2D eigenvalue weighted by Crippen LogP contribution is -2.34. The van der Waals surface area contributed by atoms with Crippen LogP contribution in [0.2, 0.25) is 0 Å². The SMILES string of the molecule is COc1ccc(-n2cncc2C2CNCCO2)cn1. The highest BCUT2D eigenvalue weighted by molar-refractivity contribution is 5.34. The number of hydrogen-bond donors (Lipinski definition) is 1. The average Bonchev–Trinajstić information content (AvgIpc) is 2.98. The molecule has 1 aliphatic rings. The Bertz CT molecular complexity index is 532. The van der Waals surface area contributed by atoms with Gasteiger partial charge in [-0.15, -0.1) is 0 Å². The number of morpholine rings is 1. The predicted molar refractivity (Wildman–Crippen MR) is 69.5 cm³/mol. The molecule has 1 saturated heterocycles. The molecule has 1 unspecified atom stereocenters. The van der Waals surface area contributed by atoms with Gasteiger partial charge in [0.2, 0.25) is 5.88 Å². The van der Waals surface area contributed by atoms with Crippen molar-refractivity contribution in [1.82, 2.24) is 19.9 Å². The smallest absolute Gasteiger partial charge is 0.213 e. The third-order valence-corrected chi connectivity index (χ3v) is 3.13. The maximum atomic E-state index is 5.76. The first-order chi connectivity index (χ1) is 9.38. The van der Waals surface area contributed by atoms with Crippen LogP contribution in [0.5, 0.6) is 5.88 Å². The van der Waals surface area contributed by atoms with Gasteiger partial charge in [0.1, 0.15) is 6.10 Å². The van der Waals surface area contributed by atoms with Crippen molar-refractivity contribution in [2.75, 3.05) is 26.8 Å². The maximum Gasteiger partial charge on any atom is 0.213 e.